The summed E-state index contributed by atoms with van der Waals surface area (Å²) < 4.78 is 0. The van der Waals surface area contributed by atoms with Gasteiger partial charge in [-0.3, -0.25) is 4.79 Å². The van der Waals surface area contributed by atoms with Gasteiger partial charge in [-0.1, -0.05) is 288 Å². The van der Waals surface area contributed by atoms with Crippen molar-refractivity contribution in [1.29, 1.82) is 0 Å². The van der Waals surface area contributed by atoms with E-state index in [0.717, 1.165) is 44.9 Å². The van der Waals surface area contributed by atoms with Gasteiger partial charge in [-0.05, 0) is 38.5 Å². The molecule has 366 valence electrons. The molecule has 0 rings (SSSR count). The van der Waals surface area contributed by atoms with E-state index < -0.39 is 18.2 Å². The Morgan fingerprint density at radius 2 is 0.710 bits per heavy atom. The van der Waals surface area contributed by atoms with E-state index in [-0.39, 0.29) is 18.9 Å². The molecule has 62 heavy (non-hydrogen) atoms. The number of carbonyl (C=O) groups is 1. The Bertz CT molecular complexity index is 962. The van der Waals surface area contributed by atoms with Crippen molar-refractivity contribution in [2.24, 2.45) is 0 Å². The summed E-state index contributed by atoms with van der Waals surface area (Å²) in [6.07, 6.45) is 68.1. The molecule has 0 fully saturated rings. The van der Waals surface area contributed by atoms with Crippen LogP contribution in [-0.4, -0.2) is 46.1 Å². The van der Waals surface area contributed by atoms with Crippen LogP contribution in [0.3, 0.4) is 0 Å². The normalized spacial score (nSPS) is 13.6. The maximum atomic E-state index is 12.4. The first-order valence-electron chi connectivity index (χ1n) is 27.8. The number of unbranched alkanes of at least 4 members (excludes halogenated alkanes) is 38. The second-order valence-corrected chi connectivity index (χ2v) is 19.2. The molecule has 0 aromatic rings. The molecule has 0 heterocycles. The molecule has 5 heteroatoms. The maximum Gasteiger partial charge on any atom is 0.222 e. The van der Waals surface area contributed by atoms with E-state index in [1.807, 2.05) is 6.08 Å². The highest BCUT2D eigenvalue weighted by molar-refractivity contribution is 5.76. The molecule has 0 saturated carbocycles. The van der Waals surface area contributed by atoms with Gasteiger partial charge in [0.25, 0.3) is 0 Å². The van der Waals surface area contributed by atoms with E-state index in [4.69, 9.17) is 0 Å². The molecule has 0 saturated heterocycles. The molecule has 0 aliphatic rings. The van der Waals surface area contributed by atoms with Gasteiger partial charge in [-0.25, -0.2) is 0 Å². The number of nitrogens with one attached hydrogen (secondary N) is 1. The van der Waals surface area contributed by atoms with Crippen LogP contribution >= 0.6 is 0 Å². The fraction of sp³-hybridized carbons (Fsp3) is 0.877. The smallest absolute Gasteiger partial charge is 0.222 e. The van der Waals surface area contributed by atoms with Crippen LogP contribution < -0.4 is 5.32 Å². The first kappa shape index (κ1) is 60.6. The van der Waals surface area contributed by atoms with Crippen molar-refractivity contribution in [2.75, 3.05) is 6.61 Å². The summed E-state index contributed by atoms with van der Waals surface area (Å²) in [5, 5.41) is 33.2. The van der Waals surface area contributed by atoms with Crippen LogP contribution in [0.2, 0.25) is 0 Å². The summed E-state index contributed by atoms with van der Waals surface area (Å²) in [7, 11) is 0. The van der Waals surface area contributed by atoms with Crippen molar-refractivity contribution < 1.29 is 20.1 Å². The fourth-order valence-electron chi connectivity index (χ4n) is 8.74. The highest BCUT2D eigenvalue weighted by atomic mass is 16.3. The number of carbonyl (C=O) groups excluding carboxylic acids is 1. The number of allylic oxidation sites excluding steroid dienone is 5. The minimum Gasteiger partial charge on any atom is -0.394 e. The molecule has 0 aliphatic heterocycles. The Hall–Kier alpha value is -1.43. The van der Waals surface area contributed by atoms with Crippen LogP contribution in [0.25, 0.3) is 0 Å². The zero-order chi connectivity index (χ0) is 45.1. The second-order valence-electron chi connectivity index (χ2n) is 19.2. The predicted molar refractivity (Wildman–Crippen MR) is 273 cm³/mol. The van der Waals surface area contributed by atoms with Gasteiger partial charge < -0.3 is 20.6 Å². The molecule has 3 unspecified atom stereocenters. The van der Waals surface area contributed by atoms with Gasteiger partial charge in [0.05, 0.1) is 31.3 Å². The van der Waals surface area contributed by atoms with Crippen LogP contribution in [0.1, 0.15) is 296 Å². The molecule has 5 nitrogen and oxygen atoms in total. The minimum atomic E-state index is -0.957. The summed E-state index contributed by atoms with van der Waals surface area (Å²) in [4.78, 5) is 12.4. The molecular weight excluding hydrogens is 763 g/mol. The van der Waals surface area contributed by atoms with Crippen LogP contribution in [0.15, 0.2) is 36.5 Å². The summed E-state index contributed by atoms with van der Waals surface area (Å²) in [6, 6.07) is -0.764. The van der Waals surface area contributed by atoms with Gasteiger partial charge >= 0.3 is 0 Å². The number of amides is 1. The Kier molecular flexibility index (Phi) is 51.0. The van der Waals surface area contributed by atoms with Gasteiger partial charge in [-0.2, -0.15) is 0 Å². The summed E-state index contributed by atoms with van der Waals surface area (Å²) in [5.41, 5.74) is 0. The summed E-state index contributed by atoms with van der Waals surface area (Å²) in [6.45, 7) is 4.09. The van der Waals surface area contributed by atoms with E-state index in [9.17, 15) is 20.1 Å². The number of hydrogen-bond donors (Lipinski definition) is 4. The first-order valence-corrected chi connectivity index (χ1v) is 27.8. The third-order valence-corrected chi connectivity index (χ3v) is 12.9. The van der Waals surface area contributed by atoms with Crippen molar-refractivity contribution in [2.45, 2.75) is 315 Å². The second kappa shape index (κ2) is 52.2. The number of rotatable bonds is 51. The molecule has 0 radical (unpaired) electrons. The zero-order valence-electron chi connectivity index (χ0n) is 41.8. The monoisotopic (exact) mass is 872 g/mol. The lowest BCUT2D eigenvalue weighted by Crippen LogP contribution is -2.45. The molecule has 0 aromatic heterocycles. The standard InChI is InChI=1S/C57H109NO4/c1-3-5-7-9-11-13-15-16-17-18-19-20-21-22-23-24-25-26-27-28-29-30-31-32-33-34-35-36-37-38-39-40-41-42-44-46-48-50-54(60)52-57(62)58-55(53-59)56(61)51-49-47-45-43-14-12-10-8-6-4-2/h6,8,14,43,49,51,54-56,59-61H,3-5,7,9-13,15-42,44-48,50,52-53H2,1-2H3,(H,58,62)/b8-6+,43-14+,51-49+. The lowest BCUT2D eigenvalue weighted by molar-refractivity contribution is -0.124. The highest BCUT2D eigenvalue weighted by Crippen LogP contribution is 2.18. The predicted octanol–water partition coefficient (Wildman–Crippen LogP) is 17.1. The molecule has 0 aromatic carbocycles. The van der Waals surface area contributed by atoms with E-state index in [1.54, 1.807) is 6.08 Å². The minimum absolute atomic E-state index is 0.00484. The van der Waals surface area contributed by atoms with Crippen molar-refractivity contribution in [3.8, 4) is 0 Å². The van der Waals surface area contributed by atoms with E-state index in [1.165, 1.54) is 225 Å². The Balaban J connectivity index is 3.40. The topological polar surface area (TPSA) is 89.8 Å². The molecule has 0 aliphatic carbocycles. The third kappa shape index (κ3) is 48.0. The average Bonchev–Trinajstić information content (AvgIpc) is 3.27. The van der Waals surface area contributed by atoms with Gasteiger partial charge in [0.1, 0.15) is 0 Å². The van der Waals surface area contributed by atoms with E-state index in [0.29, 0.717) is 6.42 Å². The van der Waals surface area contributed by atoms with Crippen LogP contribution in [0.4, 0.5) is 0 Å². The Morgan fingerprint density at radius 1 is 0.419 bits per heavy atom. The lowest BCUT2D eigenvalue weighted by atomic mass is 10.0. The molecule has 3 atom stereocenters. The summed E-state index contributed by atoms with van der Waals surface area (Å²) >= 11 is 0. The van der Waals surface area contributed by atoms with E-state index in [2.05, 4.69) is 43.5 Å². The van der Waals surface area contributed by atoms with Gasteiger partial charge in [0, 0.05) is 0 Å². The molecule has 0 bridgehead atoms. The van der Waals surface area contributed by atoms with Crippen LogP contribution in [0, 0.1) is 0 Å². The average molecular weight is 873 g/mol. The zero-order valence-corrected chi connectivity index (χ0v) is 41.8. The Labute approximate surface area is 387 Å². The number of aliphatic hydroxyl groups is 3. The largest absolute Gasteiger partial charge is 0.394 e. The van der Waals surface area contributed by atoms with Gasteiger partial charge in [0.15, 0.2) is 0 Å². The van der Waals surface area contributed by atoms with Crippen molar-refractivity contribution in [3.05, 3.63) is 36.5 Å². The van der Waals surface area contributed by atoms with Gasteiger partial charge in [-0.15, -0.1) is 0 Å². The Morgan fingerprint density at radius 3 is 1.02 bits per heavy atom. The van der Waals surface area contributed by atoms with Crippen molar-refractivity contribution in [1.82, 2.24) is 5.32 Å². The molecule has 0 spiro atoms. The highest BCUT2D eigenvalue weighted by Gasteiger charge is 2.20. The molecular formula is C57H109NO4. The quantitative estimate of drug-likeness (QED) is 0.0362. The fourth-order valence-corrected chi connectivity index (χ4v) is 8.74. The van der Waals surface area contributed by atoms with E-state index >= 15 is 0 Å². The summed E-state index contributed by atoms with van der Waals surface area (Å²) in [5.74, 6) is -0.328. The van der Waals surface area contributed by atoms with Crippen molar-refractivity contribution in [3.63, 3.8) is 0 Å². The first-order chi connectivity index (χ1) is 30.5. The number of aliphatic hydroxyl groups excluding tert-OH is 3. The molecule has 1 amide bonds. The third-order valence-electron chi connectivity index (χ3n) is 12.9. The van der Waals surface area contributed by atoms with Crippen molar-refractivity contribution >= 4 is 5.91 Å². The maximum absolute atomic E-state index is 12.4. The van der Waals surface area contributed by atoms with Gasteiger partial charge in [0.2, 0.25) is 5.91 Å². The number of hydrogen-bond acceptors (Lipinski definition) is 4. The lowest BCUT2D eigenvalue weighted by Gasteiger charge is -2.21. The SMILES string of the molecule is CC/C=C/CC/C=C/CC/C=C/C(O)C(CO)NC(=O)CC(O)CCCCCCCCCCCCCCCCCCCCCCCCCCCCCCCCCCCCCCC. The van der Waals surface area contributed by atoms with Crippen LogP contribution in [-0.2, 0) is 4.79 Å². The molecule has 4 N–H and O–H groups in total. The van der Waals surface area contributed by atoms with Crippen LogP contribution in [0.5, 0.6) is 0 Å².